The molecular formula is C29H56N2O5. The fourth-order valence-corrected chi connectivity index (χ4v) is 4.32. The summed E-state index contributed by atoms with van der Waals surface area (Å²) in [5, 5.41) is 11.6. The van der Waals surface area contributed by atoms with Crippen molar-refractivity contribution in [3.8, 4) is 0 Å². The van der Waals surface area contributed by atoms with E-state index in [1.165, 1.54) is 32.1 Å². The molecule has 0 fully saturated rings. The van der Waals surface area contributed by atoms with Crippen molar-refractivity contribution in [2.45, 2.75) is 136 Å². The largest absolute Gasteiger partial charge is 0.481 e. The number of ether oxygens (including phenoxy) is 1. The number of amides is 1. The number of hydrogen-bond donors (Lipinski definition) is 2. The summed E-state index contributed by atoms with van der Waals surface area (Å²) in [5.41, 5.74) is 0. The summed E-state index contributed by atoms with van der Waals surface area (Å²) >= 11 is 0. The van der Waals surface area contributed by atoms with E-state index >= 15 is 0 Å². The van der Waals surface area contributed by atoms with Crippen LogP contribution in [0.4, 0.5) is 0 Å². The maximum atomic E-state index is 11.9. The third kappa shape index (κ3) is 27.0. The first-order valence-corrected chi connectivity index (χ1v) is 14.8. The van der Waals surface area contributed by atoms with Gasteiger partial charge in [-0.2, -0.15) is 0 Å². The monoisotopic (exact) mass is 512 g/mol. The van der Waals surface area contributed by atoms with Crippen LogP contribution in [0.2, 0.25) is 0 Å². The second kappa shape index (κ2) is 26.4. The Hall–Kier alpha value is -1.63. The summed E-state index contributed by atoms with van der Waals surface area (Å²) in [5.74, 6) is -0.750. The predicted octanol–water partition coefficient (Wildman–Crippen LogP) is 6.48. The van der Waals surface area contributed by atoms with Crippen LogP contribution >= 0.6 is 0 Å². The van der Waals surface area contributed by atoms with Gasteiger partial charge in [-0.25, -0.2) is 0 Å². The van der Waals surface area contributed by atoms with E-state index < -0.39 is 5.97 Å². The van der Waals surface area contributed by atoms with Gasteiger partial charge >= 0.3 is 11.9 Å². The van der Waals surface area contributed by atoms with Gasteiger partial charge in [0.1, 0.15) is 0 Å². The third-order valence-corrected chi connectivity index (χ3v) is 6.53. The van der Waals surface area contributed by atoms with Gasteiger partial charge in [0.2, 0.25) is 5.91 Å². The minimum absolute atomic E-state index is 0.00863. The lowest BCUT2D eigenvalue weighted by molar-refractivity contribution is -0.144. The smallest absolute Gasteiger partial charge is 0.305 e. The van der Waals surface area contributed by atoms with Crippen LogP contribution in [0.25, 0.3) is 0 Å². The molecule has 0 bridgehead atoms. The van der Waals surface area contributed by atoms with Crippen molar-refractivity contribution in [1.82, 2.24) is 10.2 Å². The number of unbranched alkanes of at least 4 members (excludes halogenated alkanes) is 14. The summed E-state index contributed by atoms with van der Waals surface area (Å²) in [6.45, 7) is 7.93. The molecule has 0 saturated carbocycles. The molecule has 0 aromatic heterocycles. The molecule has 0 rings (SSSR count). The quantitative estimate of drug-likeness (QED) is 0.0965. The highest BCUT2D eigenvalue weighted by molar-refractivity contribution is 5.72. The molecule has 2 N–H and O–H groups in total. The molecule has 7 nitrogen and oxygen atoms in total. The molecule has 0 unspecified atom stereocenters. The zero-order chi connectivity index (χ0) is 26.7. The fourth-order valence-electron chi connectivity index (χ4n) is 4.32. The van der Waals surface area contributed by atoms with Gasteiger partial charge in [-0.05, 0) is 45.2 Å². The summed E-state index contributed by atoms with van der Waals surface area (Å²) in [6, 6.07) is 0. The Morgan fingerprint density at radius 3 is 1.72 bits per heavy atom. The van der Waals surface area contributed by atoms with Crippen LogP contribution in [0.15, 0.2) is 0 Å². The molecule has 0 heterocycles. The number of carboxylic acids is 1. The van der Waals surface area contributed by atoms with Crippen LogP contribution in [-0.2, 0) is 19.1 Å². The topological polar surface area (TPSA) is 95.9 Å². The molecule has 0 aliphatic heterocycles. The van der Waals surface area contributed by atoms with Gasteiger partial charge < -0.3 is 20.1 Å². The van der Waals surface area contributed by atoms with Crippen LogP contribution in [0.3, 0.4) is 0 Å². The van der Waals surface area contributed by atoms with Crippen molar-refractivity contribution < 1.29 is 24.2 Å². The Balaban J connectivity index is 3.76. The van der Waals surface area contributed by atoms with E-state index in [9.17, 15) is 14.4 Å². The number of rotatable bonds is 27. The van der Waals surface area contributed by atoms with Crippen molar-refractivity contribution in [1.29, 1.82) is 0 Å². The highest BCUT2D eigenvalue weighted by atomic mass is 16.5. The standard InChI is InChI=1S/C29H56N2O5/c1-3-4-5-6-7-14-19-26-36-29(35)21-16-11-9-13-18-24-31(25-22-30-27(2)32)23-17-12-8-10-15-20-28(33)34/h3-26H2,1-2H3,(H,30,32)(H,33,34). The average Bonchev–Trinajstić information content (AvgIpc) is 2.83. The lowest BCUT2D eigenvalue weighted by Crippen LogP contribution is -2.35. The molecule has 0 radical (unpaired) electrons. The average molecular weight is 513 g/mol. The van der Waals surface area contributed by atoms with Crippen molar-refractivity contribution in [2.24, 2.45) is 0 Å². The van der Waals surface area contributed by atoms with Gasteiger partial charge in [0.15, 0.2) is 0 Å². The number of carbonyl (C=O) groups excluding carboxylic acids is 2. The Kier molecular flexibility index (Phi) is 25.2. The van der Waals surface area contributed by atoms with E-state index in [4.69, 9.17) is 9.84 Å². The Morgan fingerprint density at radius 1 is 0.667 bits per heavy atom. The van der Waals surface area contributed by atoms with Gasteiger partial charge in [0.05, 0.1) is 6.61 Å². The number of nitrogens with zero attached hydrogens (tertiary/aromatic N) is 1. The van der Waals surface area contributed by atoms with Crippen molar-refractivity contribution in [2.75, 3.05) is 32.8 Å². The van der Waals surface area contributed by atoms with Crippen molar-refractivity contribution in [3.63, 3.8) is 0 Å². The second-order valence-electron chi connectivity index (χ2n) is 10.1. The lowest BCUT2D eigenvalue weighted by atomic mass is 10.1. The fraction of sp³-hybridized carbons (Fsp3) is 0.897. The Bertz CT molecular complexity index is 542. The van der Waals surface area contributed by atoms with Gasteiger partial charge in [-0.15, -0.1) is 0 Å². The molecule has 1 amide bonds. The normalized spacial score (nSPS) is 11.1. The molecule has 212 valence electrons. The van der Waals surface area contributed by atoms with Crippen LogP contribution in [0.5, 0.6) is 0 Å². The third-order valence-electron chi connectivity index (χ3n) is 6.53. The number of carbonyl (C=O) groups is 3. The zero-order valence-corrected chi connectivity index (χ0v) is 23.5. The van der Waals surface area contributed by atoms with Crippen LogP contribution in [0, 0.1) is 0 Å². The van der Waals surface area contributed by atoms with E-state index in [2.05, 4.69) is 17.1 Å². The Morgan fingerprint density at radius 2 is 1.17 bits per heavy atom. The molecule has 0 aliphatic carbocycles. The molecule has 0 aromatic carbocycles. The van der Waals surface area contributed by atoms with E-state index in [0.717, 1.165) is 96.7 Å². The molecule has 0 atom stereocenters. The highest BCUT2D eigenvalue weighted by Crippen LogP contribution is 2.10. The molecule has 0 saturated heterocycles. The maximum absolute atomic E-state index is 11.9. The number of carboxylic acid groups (broad SMARTS) is 1. The first-order valence-electron chi connectivity index (χ1n) is 14.8. The van der Waals surface area contributed by atoms with Crippen LogP contribution in [-0.4, -0.2) is 60.6 Å². The molecule has 0 spiro atoms. The minimum Gasteiger partial charge on any atom is -0.481 e. The lowest BCUT2D eigenvalue weighted by Gasteiger charge is -2.22. The molecule has 0 aliphatic rings. The van der Waals surface area contributed by atoms with E-state index in [1.54, 1.807) is 6.92 Å². The number of esters is 1. The van der Waals surface area contributed by atoms with Gasteiger partial charge in [-0.3, -0.25) is 14.4 Å². The Labute approximate surface area is 221 Å². The van der Waals surface area contributed by atoms with E-state index in [-0.39, 0.29) is 18.3 Å². The second-order valence-corrected chi connectivity index (χ2v) is 10.1. The number of nitrogens with one attached hydrogen (secondary N) is 1. The number of aliphatic carboxylic acids is 1. The van der Waals surface area contributed by atoms with E-state index in [1.807, 2.05) is 0 Å². The molecule has 7 heteroatoms. The predicted molar refractivity (Wildman–Crippen MR) is 147 cm³/mol. The SMILES string of the molecule is CCCCCCCCCOC(=O)CCCCCCCN(CCCCCCCC(=O)O)CCNC(C)=O. The number of hydrogen-bond acceptors (Lipinski definition) is 5. The zero-order valence-electron chi connectivity index (χ0n) is 23.5. The first-order chi connectivity index (χ1) is 17.5. The first kappa shape index (κ1) is 34.4. The summed E-state index contributed by atoms with van der Waals surface area (Å²) in [4.78, 5) is 36.0. The summed E-state index contributed by atoms with van der Waals surface area (Å²) in [6.07, 6.45) is 19.8. The van der Waals surface area contributed by atoms with Crippen molar-refractivity contribution in [3.05, 3.63) is 0 Å². The van der Waals surface area contributed by atoms with Gasteiger partial charge in [0.25, 0.3) is 0 Å². The van der Waals surface area contributed by atoms with E-state index in [0.29, 0.717) is 19.6 Å². The van der Waals surface area contributed by atoms with Gasteiger partial charge in [0, 0.05) is 32.9 Å². The summed E-state index contributed by atoms with van der Waals surface area (Å²) in [7, 11) is 0. The van der Waals surface area contributed by atoms with Crippen LogP contribution < -0.4 is 5.32 Å². The minimum atomic E-state index is -0.710. The molecular weight excluding hydrogens is 456 g/mol. The van der Waals surface area contributed by atoms with Crippen LogP contribution in [0.1, 0.15) is 136 Å². The maximum Gasteiger partial charge on any atom is 0.305 e. The molecule has 36 heavy (non-hydrogen) atoms. The molecule has 0 aromatic rings. The summed E-state index contributed by atoms with van der Waals surface area (Å²) < 4.78 is 5.36. The van der Waals surface area contributed by atoms with Crippen molar-refractivity contribution >= 4 is 17.8 Å². The highest BCUT2D eigenvalue weighted by Gasteiger charge is 2.06. The van der Waals surface area contributed by atoms with Gasteiger partial charge in [-0.1, -0.05) is 84.0 Å².